The molecule has 1 aromatic heterocycles. The fraction of sp³-hybridized carbons (Fsp3) is 0.154. The Morgan fingerprint density at radius 2 is 1.86 bits per heavy atom. The molecule has 5 nitrogen and oxygen atoms in total. The van der Waals surface area contributed by atoms with Crippen molar-refractivity contribution >= 4 is 33.2 Å². The Balaban J connectivity index is 2.30. The summed E-state index contributed by atoms with van der Waals surface area (Å²) in [6.07, 6.45) is 3.14. The van der Waals surface area contributed by atoms with Crippen molar-refractivity contribution in [2.45, 2.75) is 18.0 Å². The molecule has 0 unspecified atom stereocenters. The van der Waals surface area contributed by atoms with E-state index in [4.69, 9.17) is 23.2 Å². The van der Waals surface area contributed by atoms with Crippen LogP contribution in [0.5, 0.6) is 0 Å². The summed E-state index contributed by atoms with van der Waals surface area (Å²) in [6, 6.07) is 6.06. The number of aliphatic hydroxyl groups is 1. The Kier molecular flexibility index (Phi) is 5.18. The molecule has 0 aliphatic rings. The zero-order chi connectivity index (χ0) is 15.5. The second-order valence-corrected chi connectivity index (χ2v) is 6.76. The van der Waals surface area contributed by atoms with Crippen LogP contribution in [0.4, 0.5) is 0 Å². The van der Waals surface area contributed by atoms with Gasteiger partial charge in [-0.15, -0.1) is 0 Å². The first kappa shape index (κ1) is 16.2. The maximum absolute atomic E-state index is 12.3. The summed E-state index contributed by atoms with van der Waals surface area (Å²) in [5.74, 6) is 0. The van der Waals surface area contributed by atoms with Crippen LogP contribution in [-0.2, 0) is 23.2 Å². The topological polar surface area (TPSA) is 79.3 Å². The summed E-state index contributed by atoms with van der Waals surface area (Å²) in [4.78, 5) is 3.70. The Bertz CT molecular complexity index is 737. The van der Waals surface area contributed by atoms with Gasteiger partial charge in [-0.25, -0.2) is 13.1 Å². The van der Waals surface area contributed by atoms with Gasteiger partial charge in [0.2, 0.25) is 10.0 Å². The lowest BCUT2D eigenvalue weighted by Gasteiger charge is -2.11. The molecular formula is C13H12Cl2N2O3S. The van der Waals surface area contributed by atoms with Crippen LogP contribution < -0.4 is 4.72 Å². The molecule has 0 aliphatic heterocycles. The van der Waals surface area contributed by atoms with E-state index in [1.54, 1.807) is 24.5 Å². The lowest BCUT2D eigenvalue weighted by molar-refractivity contribution is 0.281. The predicted octanol–water partition coefficient (Wildman–Crippen LogP) is 2.36. The molecule has 0 saturated carbocycles. The SMILES string of the molecule is O=S(=O)(NCc1ccncc1)c1cc(Cl)cc(CO)c1Cl. The highest BCUT2D eigenvalue weighted by molar-refractivity contribution is 7.89. The van der Waals surface area contributed by atoms with Crippen molar-refractivity contribution in [1.29, 1.82) is 0 Å². The van der Waals surface area contributed by atoms with E-state index in [0.717, 1.165) is 5.56 Å². The second kappa shape index (κ2) is 6.72. The molecule has 0 amide bonds. The van der Waals surface area contributed by atoms with Crippen molar-refractivity contribution in [2.75, 3.05) is 0 Å². The molecular weight excluding hydrogens is 335 g/mol. The van der Waals surface area contributed by atoms with Crippen LogP contribution in [0, 0.1) is 0 Å². The van der Waals surface area contributed by atoms with Gasteiger partial charge in [0.1, 0.15) is 4.90 Å². The largest absolute Gasteiger partial charge is 0.392 e. The van der Waals surface area contributed by atoms with Crippen LogP contribution in [0.2, 0.25) is 10.0 Å². The number of nitrogens with zero attached hydrogens (tertiary/aromatic N) is 1. The first-order valence-corrected chi connectivity index (χ1v) is 8.15. The standard InChI is InChI=1S/C13H12Cl2N2O3S/c14-11-5-10(8-18)13(15)12(6-11)21(19,20)17-7-9-1-3-16-4-2-9/h1-6,17-18H,7-8H2. The number of benzene rings is 1. The summed E-state index contributed by atoms with van der Waals surface area (Å²) in [6.45, 7) is -0.297. The van der Waals surface area contributed by atoms with Crippen LogP contribution in [0.25, 0.3) is 0 Å². The minimum atomic E-state index is -3.84. The normalized spacial score (nSPS) is 11.6. The number of hydrogen-bond acceptors (Lipinski definition) is 4. The monoisotopic (exact) mass is 346 g/mol. The lowest BCUT2D eigenvalue weighted by Crippen LogP contribution is -2.23. The van der Waals surface area contributed by atoms with Gasteiger partial charge in [-0.1, -0.05) is 23.2 Å². The molecule has 0 bridgehead atoms. The van der Waals surface area contributed by atoms with E-state index in [9.17, 15) is 13.5 Å². The number of aromatic nitrogens is 1. The Morgan fingerprint density at radius 3 is 2.48 bits per heavy atom. The Labute approximate surface area is 132 Å². The van der Waals surface area contributed by atoms with Gasteiger partial charge in [0.15, 0.2) is 0 Å². The van der Waals surface area contributed by atoms with E-state index in [1.807, 2.05) is 0 Å². The van der Waals surface area contributed by atoms with Crippen LogP contribution in [-0.4, -0.2) is 18.5 Å². The molecule has 1 aromatic carbocycles. The summed E-state index contributed by atoms with van der Waals surface area (Å²) < 4.78 is 27.0. The van der Waals surface area contributed by atoms with E-state index < -0.39 is 16.6 Å². The minimum Gasteiger partial charge on any atom is -0.392 e. The first-order valence-electron chi connectivity index (χ1n) is 5.91. The third kappa shape index (κ3) is 3.93. The van der Waals surface area contributed by atoms with E-state index in [2.05, 4.69) is 9.71 Å². The van der Waals surface area contributed by atoms with Crippen molar-refractivity contribution in [1.82, 2.24) is 9.71 Å². The van der Waals surface area contributed by atoms with Crippen molar-refractivity contribution in [2.24, 2.45) is 0 Å². The number of rotatable bonds is 5. The molecule has 0 saturated heterocycles. The van der Waals surface area contributed by atoms with Crippen molar-refractivity contribution < 1.29 is 13.5 Å². The van der Waals surface area contributed by atoms with Crippen LogP contribution in [0.15, 0.2) is 41.6 Å². The molecule has 2 aromatic rings. The molecule has 0 spiro atoms. The highest BCUT2D eigenvalue weighted by atomic mass is 35.5. The number of sulfonamides is 1. The van der Waals surface area contributed by atoms with Crippen molar-refractivity contribution in [3.05, 3.63) is 57.8 Å². The minimum absolute atomic E-state index is 0.0378. The molecule has 1 heterocycles. The highest BCUT2D eigenvalue weighted by Gasteiger charge is 2.20. The summed E-state index contributed by atoms with van der Waals surface area (Å²) >= 11 is 11.9. The molecule has 2 N–H and O–H groups in total. The second-order valence-electron chi connectivity index (χ2n) is 4.22. The quantitative estimate of drug-likeness (QED) is 0.870. The van der Waals surface area contributed by atoms with E-state index in [1.165, 1.54) is 12.1 Å². The molecule has 0 aliphatic carbocycles. The van der Waals surface area contributed by atoms with Gasteiger partial charge < -0.3 is 5.11 Å². The molecule has 8 heteroatoms. The fourth-order valence-electron chi connectivity index (χ4n) is 1.69. The Morgan fingerprint density at radius 1 is 1.19 bits per heavy atom. The lowest BCUT2D eigenvalue weighted by atomic mass is 10.2. The number of hydrogen-bond donors (Lipinski definition) is 2. The number of aliphatic hydroxyl groups excluding tert-OH is 1. The fourth-order valence-corrected chi connectivity index (χ4v) is 3.63. The molecule has 112 valence electrons. The van der Waals surface area contributed by atoms with E-state index in [-0.39, 0.29) is 27.0 Å². The van der Waals surface area contributed by atoms with Crippen LogP contribution in [0.1, 0.15) is 11.1 Å². The predicted molar refractivity (Wildman–Crippen MR) is 80.6 cm³/mol. The van der Waals surface area contributed by atoms with E-state index >= 15 is 0 Å². The van der Waals surface area contributed by atoms with Gasteiger partial charge >= 0.3 is 0 Å². The number of halogens is 2. The summed E-state index contributed by atoms with van der Waals surface area (Å²) in [7, 11) is -3.84. The third-order valence-corrected chi connectivity index (χ3v) is 4.96. The van der Waals surface area contributed by atoms with Gasteiger partial charge in [0.05, 0.1) is 11.6 Å². The molecule has 0 atom stereocenters. The van der Waals surface area contributed by atoms with Crippen LogP contribution >= 0.6 is 23.2 Å². The first-order chi connectivity index (χ1) is 9.94. The summed E-state index contributed by atoms with van der Waals surface area (Å²) in [5, 5.41) is 9.33. The Hall–Kier alpha value is -1.18. The zero-order valence-electron chi connectivity index (χ0n) is 10.8. The van der Waals surface area contributed by atoms with E-state index in [0.29, 0.717) is 0 Å². The van der Waals surface area contributed by atoms with Gasteiger partial charge in [-0.05, 0) is 35.4 Å². The van der Waals surface area contributed by atoms with Crippen LogP contribution in [0.3, 0.4) is 0 Å². The highest BCUT2D eigenvalue weighted by Crippen LogP contribution is 2.29. The molecule has 0 radical (unpaired) electrons. The van der Waals surface area contributed by atoms with Gasteiger partial charge in [-0.3, -0.25) is 4.98 Å². The molecule has 0 fully saturated rings. The number of pyridine rings is 1. The van der Waals surface area contributed by atoms with Crippen molar-refractivity contribution in [3.8, 4) is 0 Å². The maximum Gasteiger partial charge on any atom is 0.242 e. The average molecular weight is 347 g/mol. The van der Waals surface area contributed by atoms with Crippen molar-refractivity contribution in [3.63, 3.8) is 0 Å². The average Bonchev–Trinajstić information content (AvgIpc) is 2.48. The zero-order valence-corrected chi connectivity index (χ0v) is 13.1. The third-order valence-electron chi connectivity index (χ3n) is 2.75. The smallest absolute Gasteiger partial charge is 0.242 e. The van der Waals surface area contributed by atoms with Gasteiger partial charge in [-0.2, -0.15) is 0 Å². The molecule has 2 rings (SSSR count). The summed E-state index contributed by atoms with van der Waals surface area (Å²) in [5.41, 5.74) is 1.02. The maximum atomic E-state index is 12.3. The van der Waals surface area contributed by atoms with Gasteiger partial charge in [0, 0.05) is 24.0 Å². The van der Waals surface area contributed by atoms with Gasteiger partial charge in [0.25, 0.3) is 0 Å². The number of nitrogens with one attached hydrogen (secondary N) is 1. The molecule has 21 heavy (non-hydrogen) atoms.